The molecule has 1 atom stereocenters. The molecule has 0 saturated carbocycles. The molecule has 1 fully saturated rings. The average Bonchev–Trinajstić information content (AvgIpc) is 3.00. The first kappa shape index (κ1) is 19.0. The molecule has 144 valence electrons. The van der Waals surface area contributed by atoms with Crippen LogP contribution in [0.5, 0.6) is 0 Å². The first-order chi connectivity index (χ1) is 14.1. The summed E-state index contributed by atoms with van der Waals surface area (Å²) in [5.41, 5.74) is 2.18. The molecule has 1 amide bonds. The van der Waals surface area contributed by atoms with Gasteiger partial charge in [-0.3, -0.25) is 9.59 Å². The predicted octanol–water partition coefficient (Wildman–Crippen LogP) is 4.96. The number of amides is 1. The number of aliphatic hydroxyl groups excluding tert-OH is 1. The SMILES string of the molecule is O=C1C(=O)N(Cc2ccccc2)[C@@H](c2ccc(Cl)cc2)/C1=C(\O)c1ccccc1. The molecule has 29 heavy (non-hydrogen) atoms. The smallest absolute Gasteiger partial charge is 0.295 e. The van der Waals surface area contributed by atoms with E-state index in [1.807, 2.05) is 36.4 Å². The Morgan fingerprint density at radius 1 is 0.862 bits per heavy atom. The van der Waals surface area contributed by atoms with Gasteiger partial charge >= 0.3 is 0 Å². The molecule has 1 heterocycles. The molecule has 4 nitrogen and oxygen atoms in total. The number of benzene rings is 3. The Hall–Kier alpha value is -3.37. The molecule has 0 aromatic heterocycles. The van der Waals surface area contributed by atoms with Crippen molar-refractivity contribution in [1.82, 2.24) is 4.90 Å². The van der Waals surface area contributed by atoms with Gasteiger partial charge in [-0.25, -0.2) is 0 Å². The van der Waals surface area contributed by atoms with Crippen molar-refractivity contribution in [2.45, 2.75) is 12.6 Å². The second-order valence-electron chi connectivity index (χ2n) is 6.83. The maximum Gasteiger partial charge on any atom is 0.295 e. The van der Waals surface area contributed by atoms with Gasteiger partial charge in [0.25, 0.3) is 11.7 Å². The highest BCUT2D eigenvalue weighted by molar-refractivity contribution is 6.46. The number of hydrogen-bond acceptors (Lipinski definition) is 3. The lowest BCUT2D eigenvalue weighted by atomic mass is 9.95. The van der Waals surface area contributed by atoms with Gasteiger partial charge in [-0.05, 0) is 23.3 Å². The quantitative estimate of drug-likeness (QED) is 0.380. The summed E-state index contributed by atoms with van der Waals surface area (Å²) in [5.74, 6) is -1.51. The molecule has 0 radical (unpaired) electrons. The number of halogens is 1. The molecule has 0 bridgehead atoms. The van der Waals surface area contributed by atoms with E-state index in [2.05, 4.69) is 0 Å². The fourth-order valence-electron chi connectivity index (χ4n) is 3.57. The van der Waals surface area contributed by atoms with E-state index in [1.54, 1.807) is 48.5 Å². The Labute approximate surface area is 173 Å². The van der Waals surface area contributed by atoms with Crippen LogP contribution in [-0.2, 0) is 16.1 Å². The number of Topliss-reactive ketones (excluding diaryl/α,β-unsaturated/α-hetero) is 1. The summed E-state index contributed by atoms with van der Waals surface area (Å²) in [6.07, 6.45) is 0. The zero-order valence-corrected chi connectivity index (χ0v) is 16.2. The summed E-state index contributed by atoms with van der Waals surface area (Å²) < 4.78 is 0. The van der Waals surface area contributed by atoms with Crippen molar-refractivity contribution in [3.05, 3.63) is 112 Å². The number of aliphatic hydroxyl groups is 1. The Morgan fingerprint density at radius 2 is 1.45 bits per heavy atom. The molecule has 1 aliphatic rings. The largest absolute Gasteiger partial charge is 0.507 e. The van der Waals surface area contributed by atoms with Crippen molar-refractivity contribution >= 4 is 29.1 Å². The molecule has 1 saturated heterocycles. The Bertz CT molecular complexity index is 1080. The summed E-state index contributed by atoms with van der Waals surface area (Å²) in [7, 11) is 0. The molecule has 3 aromatic carbocycles. The van der Waals surface area contributed by atoms with Crippen LogP contribution in [0.1, 0.15) is 22.7 Å². The van der Waals surface area contributed by atoms with Crippen LogP contribution in [0.4, 0.5) is 0 Å². The van der Waals surface area contributed by atoms with E-state index in [9.17, 15) is 14.7 Å². The van der Waals surface area contributed by atoms with Crippen molar-refractivity contribution in [1.29, 1.82) is 0 Å². The van der Waals surface area contributed by atoms with Crippen molar-refractivity contribution in [3.63, 3.8) is 0 Å². The number of ketones is 1. The van der Waals surface area contributed by atoms with E-state index >= 15 is 0 Å². The highest BCUT2D eigenvalue weighted by Crippen LogP contribution is 2.40. The lowest BCUT2D eigenvalue weighted by Crippen LogP contribution is -2.29. The van der Waals surface area contributed by atoms with Gasteiger partial charge in [0.1, 0.15) is 5.76 Å². The molecule has 0 spiro atoms. The fourth-order valence-corrected chi connectivity index (χ4v) is 3.69. The third kappa shape index (κ3) is 3.67. The van der Waals surface area contributed by atoms with Crippen LogP contribution in [0.25, 0.3) is 5.76 Å². The number of hydrogen-bond donors (Lipinski definition) is 1. The van der Waals surface area contributed by atoms with Gasteiger partial charge < -0.3 is 10.0 Å². The Balaban J connectivity index is 1.86. The third-order valence-corrected chi connectivity index (χ3v) is 5.22. The first-order valence-electron chi connectivity index (χ1n) is 9.19. The normalized spacial score (nSPS) is 18.2. The number of rotatable bonds is 4. The van der Waals surface area contributed by atoms with Crippen LogP contribution >= 0.6 is 11.6 Å². The van der Waals surface area contributed by atoms with Gasteiger partial charge in [0.05, 0.1) is 11.6 Å². The molecule has 3 aromatic rings. The van der Waals surface area contributed by atoms with Crippen LogP contribution in [0.15, 0.2) is 90.5 Å². The van der Waals surface area contributed by atoms with E-state index in [1.165, 1.54) is 4.90 Å². The molecule has 1 aliphatic heterocycles. The van der Waals surface area contributed by atoms with E-state index < -0.39 is 17.7 Å². The minimum absolute atomic E-state index is 0.0828. The average molecular weight is 404 g/mol. The molecular formula is C24H18ClNO3. The molecule has 0 unspecified atom stereocenters. The summed E-state index contributed by atoms with van der Waals surface area (Å²) in [6, 6.07) is 24.5. The van der Waals surface area contributed by atoms with Gasteiger partial charge in [-0.1, -0.05) is 84.4 Å². The number of likely N-dealkylation sites (tertiary alicyclic amines) is 1. The van der Waals surface area contributed by atoms with Crippen LogP contribution in [0.2, 0.25) is 5.02 Å². The van der Waals surface area contributed by atoms with Gasteiger partial charge in [0, 0.05) is 17.1 Å². The third-order valence-electron chi connectivity index (χ3n) is 4.97. The predicted molar refractivity (Wildman–Crippen MR) is 112 cm³/mol. The molecule has 0 aliphatic carbocycles. The van der Waals surface area contributed by atoms with Crippen LogP contribution in [0.3, 0.4) is 0 Å². The number of nitrogens with zero attached hydrogens (tertiary/aromatic N) is 1. The zero-order valence-electron chi connectivity index (χ0n) is 15.5. The monoisotopic (exact) mass is 403 g/mol. The van der Waals surface area contributed by atoms with Crippen molar-refractivity contribution in [3.8, 4) is 0 Å². The van der Waals surface area contributed by atoms with Crippen LogP contribution in [-0.4, -0.2) is 21.7 Å². The van der Waals surface area contributed by atoms with Gasteiger partial charge in [0.2, 0.25) is 0 Å². The van der Waals surface area contributed by atoms with E-state index in [-0.39, 0.29) is 17.9 Å². The maximum absolute atomic E-state index is 12.9. The minimum Gasteiger partial charge on any atom is -0.507 e. The van der Waals surface area contributed by atoms with Crippen molar-refractivity contribution < 1.29 is 14.7 Å². The molecule has 1 N–H and O–H groups in total. The lowest BCUT2D eigenvalue weighted by Gasteiger charge is -2.25. The molecule has 5 heteroatoms. The van der Waals surface area contributed by atoms with Crippen LogP contribution < -0.4 is 0 Å². The Kier molecular flexibility index (Phi) is 5.19. The zero-order chi connectivity index (χ0) is 20.4. The fraction of sp³-hybridized carbons (Fsp3) is 0.0833. The lowest BCUT2D eigenvalue weighted by molar-refractivity contribution is -0.140. The van der Waals surface area contributed by atoms with E-state index in [4.69, 9.17) is 11.6 Å². The second kappa shape index (κ2) is 7.94. The van der Waals surface area contributed by atoms with Gasteiger partial charge in [0.15, 0.2) is 0 Å². The van der Waals surface area contributed by atoms with Crippen molar-refractivity contribution in [2.75, 3.05) is 0 Å². The highest BCUT2D eigenvalue weighted by Gasteiger charge is 2.46. The summed E-state index contributed by atoms with van der Waals surface area (Å²) in [6.45, 7) is 0.254. The second-order valence-corrected chi connectivity index (χ2v) is 7.27. The molecule has 4 rings (SSSR count). The van der Waals surface area contributed by atoms with Crippen LogP contribution in [0, 0.1) is 0 Å². The van der Waals surface area contributed by atoms with E-state index in [0.29, 0.717) is 16.1 Å². The van der Waals surface area contributed by atoms with Gasteiger partial charge in [-0.2, -0.15) is 0 Å². The minimum atomic E-state index is -0.701. The first-order valence-corrected chi connectivity index (χ1v) is 9.57. The summed E-state index contributed by atoms with van der Waals surface area (Å²) >= 11 is 6.03. The van der Waals surface area contributed by atoms with E-state index in [0.717, 1.165) is 5.56 Å². The standard InChI is InChI=1S/C24H18ClNO3/c25-19-13-11-17(12-14-19)21-20(22(27)18-9-5-2-6-10-18)23(28)24(29)26(21)15-16-7-3-1-4-8-16/h1-14,21,27H,15H2/b22-20+/t21-/m0/s1. The molecular weight excluding hydrogens is 386 g/mol. The maximum atomic E-state index is 12.9. The number of carbonyl (C=O) groups is 2. The summed E-state index contributed by atoms with van der Waals surface area (Å²) in [5, 5.41) is 11.5. The summed E-state index contributed by atoms with van der Waals surface area (Å²) in [4.78, 5) is 27.3. The topological polar surface area (TPSA) is 57.6 Å². The Morgan fingerprint density at radius 3 is 2.07 bits per heavy atom. The highest BCUT2D eigenvalue weighted by atomic mass is 35.5. The number of carbonyl (C=O) groups excluding carboxylic acids is 2. The van der Waals surface area contributed by atoms with Crippen molar-refractivity contribution in [2.24, 2.45) is 0 Å². The van der Waals surface area contributed by atoms with Gasteiger partial charge in [-0.15, -0.1) is 0 Å².